The van der Waals surface area contributed by atoms with E-state index in [4.69, 9.17) is 19.5 Å². The molecule has 0 bridgehead atoms. The molecule has 0 spiro atoms. The summed E-state index contributed by atoms with van der Waals surface area (Å²) in [4.78, 5) is 29.3. The zero-order valence-electron chi connectivity index (χ0n) is 17.9. The Morgan fingerprint density at radius 3 is 2.29 bits per heavy atom. The minimum absolute atomic E-state index is 0.311. The van der Waals surface area contributed by atoms with Crippen LogP contribution < -0.4 is 10.8 Å². The van der Waals surface area contributed by atoms with Crippen LogP contribution in [-0.4, -0.2) is 44.4 Å². The minimum Gasteiger partial charge on any atom is -0.475 e. The van der Waals surface area contributed by atoms with Crippen molar-refractivity contribution in [1.29, 1.82) is 0 Å². The number of hydrogen-bond donors (Lipinski definition) is 4. The van der Waals surface area contributed by atoms with E-state index in [9.17, 15) is 18.0 Å². The van der Waals surface area contributed by atoms with Crippen molar-refractivity contribution in [2.45, 2.75) is 50.7 Å². The Labute approximate surface area is 192 Å². The molecule has 1 amide bonds. The molecule has 0 aliphatic heterocycles. The molecule has 0 saturated heterocycles. The first-order chi connectivity index (χ1) is 16.2. The van der Waals surface area contributed by atoms with E-state index < -0.39 is 18.1 Å². The fraction of sp³-hybridized carbons (Fsp3) is 0.364. The van der Waals surface area contributed by atoms with E-state index >= 15 is 0 Å². The number of hydroxylamine groups is 1. The molecule has 12 heteroatoms. The molecule has 2 heterocycles. The van der Waals surface area contributed by atoms with E-state index in [0.717, 1.165) is 11.4 Å². The standard InChI is InChI=1S/C20H22N4O3.C2HF3O2/c25-19(24-26)13-7-9-17-16(11-13)23-20(27-17)14-8-10-18(21-12-14)22-15-5-3-1-2-4-6-15;3-2(4,5)1(6)7/h7-12,15,26H,1-6H2,(H,21,22)(H,24,25);(H,6,7). The summed E-state index contributed by atoms with van der Waals surface area (Å²) in [5.41, 5.74) is 3.81. The number of carboxylic acids is 1. The molecule has 4 rings (SSSR count). The Hall–Kier alpha value is -3.67. The first-order valence-corrected chi connectivity index (χ1v) is 10.6. The Balaban J connectivity index is 0.000000406. The van der Waals surface area contributed by atoms with Crippen molar-refractivity contribution in [3.8, 4) is 11.5 Å². The number of aromatic nitrogens is 2. The summed E-state index contributed by atoms with van der Waals surface area (Å²) in [7, 11) is 0. The van der Waals surface area contributed by atoms with Gasteiger partial charge in [-0.1, -0.05) is 25.7 Å². The number of carboxylic acid groups (broad SMARTS) is 1. The topological polar surface area (TPSA) is 138 Å². The summed E-state index contributed by atoms with van der Waals surface area (Å²) in [5.74, 6) is -2.03. The molecule has 4 N–H and O–H groups in total. The highest BCUT2D eigenvalue weighted by Gasteiger charge is 2.38. The van der Waals surface area contributed by atoms with Gasteiger partial charge in [0.1, 0.15) is 11.3 Å². The quantitative estimate of drug-likeness (QED) is 0.238. The lowest BCUT2D eigenvalue weighted by atomic mass is 10.1. The number of carbonyl (C=O) groups excluding carboxylic acids is 1. The highest BCUT2D eigenvalue weighted by Crippen LogP contribution is 2.26. The second-order valence-electron chi connectivity index (χ2n) is 7.71. The monoisotopic (exact) mass is 480 g/mol. The molecule has 34 heavy (non-hydrogen) atoms. The summed E-state index contributed by atoms with van der Waals surface area (Å²) in [6.45, 7) is 0. The van der Waals surface area contributed by atoms with E-state index in [2.05, 4.69) is 15.3 Å². The average Bonchev–Trinajstić information content (AvgIpc) is 3.07. The van der Waals surface area contributed by atoms with Gasteiger partial charge in [0, 0.05) is 17.8 Å². The van der Waals surface area contributed by atoms with Gasteiger partial charge in [0.05, 0.1) is 5.56 Å². The van der Waals surface area contributed by atoms with Crippen LogP contribution in [0.2, 0.25) is 0 Å². The number of benzene rings is 1. The van der Waals surface area contributed by atoms with Crippen molar-refractivity contribution in [2.75, 3.05) is 5.32 Å². The molecule has 9 nitrogen and oxygen atoms in total. The van der Waals surface area contributed by atoms with Crippen LogP contribution in [0.4, 0.5) is 19.0 Å². The van der Waals surface area contributed by atoms with Gasteiger partial charge in [-0.2, -0.15) is 13.2 Å². The lowest BCUT2D eigenvalue weighted by Gasteiger charge is -2.16. The lowest BCUT2D eigenvalue weighted by Crippen LogP contribution is -2.21. The number of halogens is 3. The predicted molar refractivity (Wildman–Crippen MR) is 115 cm³/mol. The van der Waals surface area contributed by atoms with Crippen molar-refractivity contribution in [2.24, 2.45) is 0 Å². The zero-order valence-corrected chi connectivity index (χ0v) is 17.9. The summed E-state index contributed by atoms with van der Waals surface area (Å²) in [5, 5.41) is 19.4. The van der Waals surface area contributed by atoms with Crippen LogP contribution in [0.25, 0.3) is 22.6 Å². The van der Waals surface area contributed by atoms with Crippen LogP contribution in [0.1, 0.15) is 48.9 Å². The maximum Gasteiger partial charge on any atom is 0.490 e. The van der Waals surface area contributed by atoms with Gasteiger partial charge >= 0.3 is 12.1 Å². The van der Waals surface area contributed by atoms with Gasteiger partial charge in [0.2, 0.25) is 5.89 Å². The Morgan fingerprint density at radius 2 is 1.74 bits per heavy atom. The fourth-order valence-electron chi connectivity index (χ4n) is 3.50. The summed E-state index contributed by atoms with van der Waals surface area (Å²) >= 11 is 0. The van der Waals surface area contributed by atoms with Crippen LogP contribution in [-0.2, 0) is 4.79 Å². The van der Waals surface area contributed by atoms with Gasteiger partial charge in [0.15, 0.2) is 5.58 Å². The molecule has 1 aromatic carbocycles. The number of hydrogen-bond acceptors (Lipinski definition) is 7. The summed E-state index contributed by atoms with van der Waals surface area (Å²) < 4.78 is 37.5. The Morgan fingerprint density at radius 1 is 1.06 bits per heavy atom. The van der Waals surface area contributed by atoms with Gasteiger partial charge in [-0.05, 0) is 43.2 Å². The molecule has 182 valence electrons. The van der Waals surface area contributed by atoms with Crippen molar-refractivity contribution in [1.82, 2.24) is 15.4 Å². The van der Waals surface area contributed by atoms with Gasteiger partial charge in [0.25, 0.3) is 5.91 Å². The molecule has 0 radical (unpaired) electrons. The largest absolute Gasteiger partial charge is 0.490 e. The molecule has 1 fully saturated rings. The van der Waals surface area contributed by atoms with Gasteiger partial charge < -0.3 is 14.8 Å². The second-order valence-corrected chi connectivity index (χ2v) is 7.71. The maximum absolute atomic E-state index is 11.5. The van der Waals surface area contributed by atoms with Crippen LogP contribution >= 0.6 is 0 Å². The number of nitrogens with one attached hydrogen (secondary N) is 2. The van der Waals surface area contributed by atoms with Crippen molar-refractivity contribution < 1.29 is 37.5 Å². The van der Waals surface area contributed by atoms with E-state index in [0.29, 0.717) is 28.6 Å². The molecular formula is C22H23F3N4O5. The van der Waals surface area contributed by atoms with Crippen LogP contribution in [0.15, 0.2) is 40.9 Å². The SMILES string of the molecule is O=C(NO)c1ccc2oc(-c3ccc(NC4CCCCCC4)nc3)nc2c1.O=C(O)C(F)(F)F. The van der Waals surface area contributed by atoms with Gasteiger partial charge in [-0.25, -0.2) is 20.2 Å². The second kappa shape index (κ2) is 11.0. The molecule has 2 aromatic heterocycles. The van der Waals surface area contributed by atoms with Crippen molar-refractivity contribution in [3.05, 3.63) is 42.1 Å². The number of oxazole rings is 1. The highest BCUT2D eigenvalue weighted by atomic mass is 19.4. The number of carbonyl (C=O) groups is 2. The first kappa shape index (κ1) is 25.0. The molecule has 1 aliphatic rings. The van der Waals surface area contributed by atoms with Crippen LogP contribution in [0.5, 0.6) is 0 Å². The Bertz CT molecular complexity index is 1120. The minimum atomic E-state index is -5.08. The van der Waals surface area contributed by atoms with Gasteiger partial charge in [-0.15, -0.1) is 0 Å². The fourth-order valence-corrected chi connectivity index (χ4v) is 3.50. The van der Waals surface area contributed by atoms with E-state index in [1.807, 2.05) is 12.1 Å². The molecule has 3 aromatic rings. The summed E-state index contributed by atoms with van der Waals surface area (Å²) in [6.07, 6.45) is 4.24. The summed E-state index contributed by atoms with van der Waals surface area (Å²) in [6, 6.07) is 9.17. The third-order valence-corrected chi connectivity index (χ3v) is 5.21. The van der Waals surface area contributed by atoms with E-state index in [-0.39, 0.29) is 0 Å². The number of anilines is 1. The van der Waals surface area contributed by atoms with Crippen molar-refractivity contribution in [3.63, 3.8) is 0 Å². The number of aliphatic carboxylic acids is 1. The van der Waals surface area contributed by atoms with Crippen LogP contribution in [0.3, 0.4) is 0 Å². The molecular weight excluding hydrogens is 457 g/mol. The van der Waals surface area contributed by atoms with E-state index in [1.54, 1.807) is 29.9 Å². The zero-order chi connectivity index (χ0) is 24.7. The highest BCUT2D eigenvalue weighted by molar-refractivity contribution is 5.96. The van der Waals surface area contributed by atoms with Crippen LogP contribution in [0, 0.1) is 0 Å². The third kappa shape index (κ3) is 6.67. The molecule has 1 saturated carbocycles. The first-order valence-electron chi connectivity index (χ1n) is 10.6. The van der Waals surface area contributed by atoms with Gasteiger partial charge in [-0.3, -0.25) is 10.0 Å². The average molecular weight is 480 g/mol. The number of rotatable bonds is 4. The predicted octanol–water partition coefficient (Wildman–Crippen LogP) is 4.78. The van der Waals surface area contributed by atoms with E-state index in [1.165, 1.54) is 38.5 Å². The number of amides is 1. The third-order valence-electron chi connectivity index (χ3n) is 5.21. The number of fused-ring (bicyclic) bond motifs is 1. The van der Waals surface area contributed by atoms with Crippen molar-refractivity contribution >= 4 is 28.8 Å². The number of nitrogens with zero attached hydrogens (tertiary/aromatic N) is 2. The maximum atomic E-state index is 11.5. The number of pyridine rings is 1. The Kier molecular flexibility index (Phi) is 8.05. The molecule has 1 aliphatic carbocycles. The molecule has 0 unspecified atom stereocenters. The molecule has 0 atom stereocenters. The number of alkyl halides is 3. The normalized spacial score (nSPS) is 14.6. The smallest absolute Gasteiger partial charge is 0.475 e. The lowest BCUT2D eigenvalue weighted by molar-refractivity contribution is -0.192.